The maximum Gasteiger partial charge on any atom is 0.309 e. The average molecular weight is 551 g/mol. The average Bonchev–Trinajstić information content (AvgIpc) is 3.02. The SMILES string of the molecule is O=C(OC1CCC(OCOC2CCC(C#CC3CCCCC3)CC2)CC1)C1CCC(C#CC2CCCCC2)CC1. The third-order valence-electron chi connectivity index (χ3n) is 10.4. The Labute approximate surface area is 244 Å². The van der Waals surface area contributed by atoms with Crippen LogP contribution in [0.1, 0.15) is 141 Å². The van der Waals surface area contributed by atoms with Crippen molar-refractivity contribution in [2.75, 3.05) is 6.79 Å². The van der Waals surface area contributed by atoms with E-state index in [0.717, 1.165) is 77.0 Å². The van der Waals surface area contributed by atoms with Gasteiger partial charge in [0.15, 0.2) is 0 Å². The molecule has 4 nitrogen and oxygen atoms in total. The van der Waals surface area contributed by atoms with E-state index in [1.165, 1.54) is 64.2 Å². The van der Waals surface area contributed by atoms with Crippen LogP contribution in [0.5, 0.6) is 0 Å². The summed E-state index contributed by atoms with van der Waals surface area (Å²) in [5.74, 6) is 16.7. The molecular weight excluding hydrogens is 496 g/mol. The highest BCUT2D eigenvalue weighted by atomic mass is 16.7. The molecule has 5 rings (SSSR count). The van der Waals surface area contributed by atoms with Crippen molar-refractivity contribution in [1.82, 2.24) is 0 Å². The Morgan fingerprint density at radius 2 is 0.825 bits per heavy atom. The van der Waals surface area contributed by atoms with Crippen LogP contribution in [0.25, 0.3) is 0 Å². The minimum Gasteiger partial charge on any atom is -0.462 e. The van der Waals surface area contributed by atoms with Crippen LogP contribution in [0, 0.1) is 53.3 Å². The molecule has 40 heavy (non-hydrogen) atoms. The van der Waals surface area contributed by atoms with E-state index in [0.29, 0.717) is 36.6 Å². The maximum absolute atomic E-state index is 12.8. The van der Waals surface area contributed by atoms with Crippen LogP contribution in [-0.4, -0.2) is 31.1 Å². The number of hydrogen-bond acceptors (Lipinski definition) is 4. The van der Waals surface area contributed by atoms with Gasteiger partial charge in [0.25, 0.3) is 0 Å². The van der Waals surface area contributed by atoms with Crippen molar-refractivity contribution in [1.29, 1.82) is 0 Å². The maximum atomic E-state index is 12.8. The summed E-state index contributed by atoms with van der Waals surface area (Å²) in [5, 5.41) is 0. The summed E-state index contributed by atoms with van der Waals surface area (Å²) in [7, 11) is 0. The third-order valence-corrected chi connectivity index (χ3v) is 10.4. The lowest BCUT2D eigenvalue weighted by molar-refractivity contribution is -0.162. The van der Waals surface area contributed by atoms with Gasteiger partial charge in [-0.1, -0.05) is 62.2 Å². The van der Waals surface area contributed by atoms with E-state index in [1.807, 2.05) is 0 Å². The fourth-order valence-corrected chi connectivity index (χ4v) is 7.62. The first-order valence-corrected chi connectivity index (χ1v) is 17.2. The van der Waals surface area contributed by atoms with Crippen molar-refractivity contribution in [3.63, 3.8) is 0 Å². The predicted octanol–water partition coefficient (Wildman–Crippen LogP) is 8.36. The van der Waals surface area contributed by atoms with E-state index >= 15 is 0 Å². The molecule has 0 aromatic rings. The molecule has 0 aromatic carbocycles. The van der Waals surface area contributed by atoms with Gasteiger partial charge in [-0.05, 0) is 103 Å². The molecule has 222 valence electrons. The zero-order chi connectivity index (χ0) is 27.4. The van der Waals surface area contributed by atoms with Gasteiger partial charge in [-0.25, -0.2) is 0 Å². The smallest absolute Gasteiger partial charge is 0.309 e. The molecule has 0 aromatic heterocycles. The van der Waals surface area contributed by atoms with Crippen molar-refractivity contribution >= 4 is 5.97 Å². The van der Waals surface area contributed by atoms with Crippen LogP contribution in [0.2, 0.25) is 0 Å². The van der Waals surface area contributed by atoms with Gasteiger partial charge in [0.1, 0.15) is 12.9 Å². The topological polar surface area (TPSA) is 44.8 Å². The number of hydrogen-bond donors (Lipinski definition) is 0. The molecule has 5 aliphatic carbocycles. The molecule has 4 heteroatoms. The molecule has 5 saturated carbocycles. The van der Waals surface area contributed by atoms with E-state index in [2.05, 4.69) is 23.7 Å². The van der Waals surface area contributed by atoms with Gasteiger partial charge in [-0.2, -0.15) is 0 Å². The van der Waals surface area contributed by atoms with E-state index in [1.54, 1.807) is 0 Å². The first kappa shape index (κ1) is 30.0. The monoisotopic (exact) mass is 550 g/mol. The van der Waals surface area contributed by atoms with Crippen LogP contribution >= 0.6 is 0 Å². The van der Waals surface area contributed by atoms with Gasteiger partial charge in [-0.15, -0.1) is 0 Å². The van der Waals surface area contributed by atoms with E-state index in [4.69, 9.17) is 14.2 Å². The van der Waals surface area contributed by atoms with Gasteiger partial charge in [0.2, 0.25) is 0 Å². The summed E-state index contributed by atoms with van der Waals surface area (Å²) < 4.78 is 18.1. The summed E-state index contributed by atoms with van der Waals surface area (Å²) in [6.45, 7) is 0.394. The minimum atomic E-state index is 0.0328. The van der Waals surface area contributed by atoms with Crippen LogP contribution in [0.15, 0.2) is 0 Å². The lowest BCUT2D eigenvalue weighted by Gasteiger charge is -2.31. The number of rotatable bonds is 6. The van der Waals surface area contributed by atoms with E-state index in [9.17, 15) is 4.79 Å². The molecule has 5 fully saturated rings. The lowest BCUT2D eigenvalue weighted by Crippen LogP contribution is -2.32. The fourth-order valence-electron chi connectivity index (χ4n) is 7.62. The number of esters is 1. The number of carbonyl (C=O) groups excluding carboxylic acids is 1. The molecule has 0 unspecified atom stereocenters. The van der Waals surface area contributed by atoms with Crippen LogP contribution < -0.4 is 0 Å². The normalized spacial score (nSPS) is 34.1. The Morgan fingerprint density at radius 3 is 1.30 bits per heavy atom. The zero-order valence-electron chi connectivity index (χ0n) is 25.0. The molecule has 0 N–H and O–H groups in total. The Kier molecular flexibility index (Phi) is 12.2. The third kappa shape index (κ3) is 9.81. The van der Waals surface area contributed by atoms with Crippen LogP contribution in [0.4, 0.5) is 0 Å². The largest absolute Gasteiger partial charge is 0.462 e. The Morgan fingerprint density at radius 1 is 0.450 bits per heavy atom. The molecule has 0 bridgehead atoms. The molecule has 0 saturated heterocycles. The van der Waals surface area contributed by atoms with Crippen molar-refractivity contribution in [2.24, 2.45) is 29.6 Å². The summed E-state index contributed by atoms with van der Waals surface area (Å²) >= 11 is 0. The van der Waals surface area contributed by atoms with Crippen molar-refractivity contribution in [2.45, 2.75) is 160 Å². The van der Waals surface area contributed by atoms with Crippen LogP contribution in [0.3, 0.4) is 0 Å². The highest BCUT2D eigenvalue weighted by molar-refractivity contribution is 5.72. The van der Waals surface area contributed by atoms with Gasteiger partial charge in [-0.3, -0.25) is 4.79 Å². The highest BCUT2D eigenvalue weighted by Gasteiger charge is 2.31. The van der Waals surface area contributed by atoms with Gasteiger partial charge >= 0.3 is 5.97 Å². The van der Waals surface area contributed by atoms with E-state index < -0.39 is 0 Å². The first-order valence-electron chi connectivity index (χ1n) is 17.2. The summed E-state index contributed by atoms with van der Waals surface area (Å²) in [6, 6.07) is 0. The minimum absolute atomic E-state index is 0.0328. The number of carbonyl (C=O) groups is 1. The highest BCUT2D eigenvalue weighted by Crippen LogP contribution is 2.32. The fraction of sp³-hybridized carbons (Fsp3) is 0.861. The zero-order valence-corrected chi connectivity index (χ0v) is 25.0. The van der Waals surface area contributed by atoms with E-state index in [-0.39, 0.29) is 24.1 Å². The molecule has 0 amide bonds. The Balaban J connectivity index is 0.898. The second-order valence-corrected chi connectivity index (χ2v) is 13.6. The summed E-state index contributed by atoms with van der Waals surface area (Å²) in [5.41, 5.74) is 0. The van der Waals surface area contributed by atoms with Crippen molar-refractivity contribution in [3.8, 4) is 23.7 Å². The standard InChI is InChI=1S/C36H54O4/c37-36(32-19-15-30(16-20-32)13-11-28-7-3-1-4-8-28)40-35-25-23-34(24-26-35)39-27-38-33-21-17-31(18-22-33)14-12-29-9-5-2-6-10-29/h28-35H,1-10,15-27H2. The molecule has 5 aliphatic rings. The quantitative estimate of drug-likeness (QED) is 0.189. The van der Waals surface area contributed by atoms with Gasteiger partial charge in [0, 0.05) is 23.7 Å². The molecular formula is C36H54O4. The van der Waals surface area contributed by atoms with Crippen molar-refractivity contribution in [3.05, 3.63) is 0 Å². The predicted molar refractivity (Wildman–Crippen MR) is 159 cm³/mol. The molecule has 0 radical (unpaired) electrons. The summed E-state index contributed by atoms with van der Waals surface area (Å²) in [4.78, 5) is 12.8. The molecule has 0 atom stereocenters. The van der Waals surface area contributed by atoms with Gasteiger partial charge in [0.05, 0.1) is 18.1 Å². The molecule has 0 heterocycles. The van der Waals surface area contributed by atoms with Gasteiger partial charge < -0.3 is 14.2 Å². The molecule has 0 aliphatic heterocycles. The second kappa shape index (κ2) is 16.2. The Hall–Kier alpha value is -1.49. The first-order chi connectivity index (χ1) is 19.7. The summed E-state index contributed by atoms with van der Waals surface area (Å²) in [6.07, 6.45) is 26.2. The van der Waals surface area contributed by atoms with Crippen molar-refractivity contribution < 1.29 is 19.0 Å². The second-order valence-electron chi connectivity index (χ2n) is 13.6. The van der Waals surface area contributed by atoms with Crippen LogP contribution in [-0.2, 0) is 19.0 Å². The number of ether oxygens (including phenoxy) is 3. The lowest BCUT2D eigenvalue weighted by atomic mass is 9.81. The molecule has 0 spiro atoms. The Bertz CT molecular complexity index is 869.